The SMILES string of the molecule is CCOc1cccc(C(CCN)c2cccc(C)c2)c1. The van der Waals surface area contributed by atoms with Crippen molar-refractivity contribution in [3.8, 4) is 5.75 Å². The zero-order valence-corrected chi connectivity index (χ0v) is 12.3. The molecule has 2 N–H and O–H groups in total. The highest BCUT2D eigenvalue weighted by Crippen LogP contribution is 2.30. The van der Waals surface area contributed by atoms with Crippen LogP contribution < -0.4 is 10.5 Å². The van der Waals surface area contributed by atoms with E-state index in [1.54, 1.807) is 0 Å². The Bertz CT molecular complexity index is 551. The molecule has 0 aliphatic rings. The van der Waals surface area contributed by atoms with Crippen LogP contribution in [0.2, 0.25) is 0 Å². The van der Waals surface area contributed by atoms with Crippen molar-refractivity contribution >= 4 is 0 Å². The van der Waals surface area contributed by atoms with Crippen molar-refractivity contribution in [2.24, 2.45) is 5.73 Å². The van der Waals surface area contributed by atoms with Gasteiger partial charge in [-0.05, 0) is 50.1 Å². The van der Waals surface area contributed by atoms with Gasteiger partial charge in [-0.2, -0.15) is 0 Å². The fourth-order valence-electron chi connectivity index (χ4n) is 2.57. The molecule has 2 aromatic rings. The van der Waals surface area contributed by atoms with E-state index in [0.29, 0.717) is 19.1 Å². The summed E-state index contributed by atoms with van der Waals surface area (Å²) in [5.74, 6) is 1.26. The van der Waals surface area contributed by atoms with Gasteiger partial charge in [0.2, 0.25) is 0 Å². The van der Waals surface area contributed by atoms with Crippen LogP contribution in [0.3, 0.4) is 0 Å². The minimum atomic E-state index is 0.334. The summed E-state index contributed by atoms with van der Waals surface area (Å²) in [7, 11) is 0. The summed E-state index contributed by atoms with van der Waals surface area (Å²) in [6.07, 6.45) is 0.943. The van der Waals surface area contributed by atoms with Crippen LogP contribution in [0.15, 0.2) is 48.5 Å². The van der Waals surface area contributed by atoms with Gasteiger partial charge in [0.15, 0.2) is 0 Å². The van der Waals surface area contributed by atoms with Gasteiger partial charge < -0.3 is 10.5 Å². The Balaban J connectivity index is 2.35. The maximum atomic E-state index is 5.81. The van der Waals surface area contributed by atoms with Crippen molar-refractivity contribution in [1.29, 1.82) is 0 Å². The van der Waals surface area contributed by atoms with Gasteiger partial charge in [0.05, 0.1) is 6.61 Å². The first-order chi connectivity index (χ1) is 9.74. The first-order valence-corrected chi connectivity index (χ1v) is 7.24. The average Bonchev–Trinajstić information content (AvgIpc) is 2.45. The third-order valence-electron chi connectivity index (χ3n) is 3.47. The predicted molar refractivity (Wildman–Crippen MR) is 84.3 cm³/mol. The fraction of sp³-hybridized carbons (Fsp3) is 0.333. The van der Waals surface area contributed by atoms with E-state index < -0.39 is 0 Å². The number of hydrogen-bond donors (Lipinski definition) is 1. The Labute approximate surface area is 121 Å². The van der Waals surface area contributed by atoms with E-state index in [9.17, 15) is 0 Å². The third-order valence-corrected chi connectivity index (χ3v) is 3.47. The molecule has 2 aromatic carbocycles. The lowest BCUT2D eigenvalue weighted by atomic mass is 9.88. The number of benzene rings is 2. The topological polar surface area (TPSA) is 35.2 Å². The van der Waals surface area contributed by atoms with Crippen LogP contribution in [0.1, 0.15) is 36.0 Å². The molecule has 0 fully saturated rings. The minimum absolute atomic E-state index is 0.334. The monoisotopic (exact) mass is 269 g/mol. The summed E-state index contributed by atoms with van der Waals surface area (Å²) in [5.41, 5.74) is 9.68. The van der Waals surface area contributed by atoms with Crippen molar-refractivity contribution in [3.05, 3.63) is 65.2 Å². The first kappa shape index (κ1) is 14.6. The normalized spacial score (nSPS) is 12.2. The number of nitrogens with two attached hydrogens (primary N) is 1. The number of rotatable bonds is 6. The van der Waals surface area contributed by atoms with Gasteiger partial charge in [0, 0.05) is 5.92 Å². The molecule has 0 heterocycles. The Morgan fingerprint density at radius 1 is 1.05 bits per heavy atom. The lowest BCUT2D eigenvalue weighted by Crippen LogP contribution is -2.09. The molecular formula is C18H23NO. The summed E-state index contributed by atoms with van der Waals surface area (Å²) >= 11 is 0. The second kappa shape index (κ2) is 7.11. The van der Waals surface area contributed by atoms with Crippen molar-refractivity contribution in [1.82, 2.24) is 0 Å². The molecule has 0 bridgehead atoms. The minimum Gasteiger partial charge on any atom is -0.494 e. The Morgan fingerprint density at radius 3 is 2.40 bits per heavy atom. The highest BCUT2D eigenvalue weighted by molar-refractivity contribution is 5.38. The molecule has 0 radical (unpaired) electrons. The molecular weight excluding hydrogens is 246 g/mol. The van der Waals surface area contributed by atoms with Gasteiger partial charge in [-0.15, -0.1) is 0 Å². The van der Waals surface area contributed by atoms with E-state index in [-0.39, 0.29) is 0 Å². The van der Waals surface area contributed by atoms with Crippen LogP contribution in [0.25, 0.3) is 0 Å². The lowest BCUT2D eigenvalue weighted by Gasteiger charge is -2.18. The highest BCUT2D eigenvalue weighted by atomic mass is 16.5. The van der Waals surface area contributed by atoms with E-state index in [4.69, 9.17) is 10.5 Å². The van der Waals surface area contributed by atoms with Crippen LogP contribution in [-0.4, -0.2) is 13.2 Å². The fourth-order valence-corrected chi connectivity index (χ4v) is 2.57. The second-order valence-corrected chi connectivity index (χ2v) is 5.05. The van der Waals surface area contributed by atoms with Crippen LogP contribution in [0.4, 0.5) is 0 Å². The van der Waals surface area contributed by atoms with Crippen molar-refractivity contribution in [2.75, 3.05) is 13.2 Å². The van der Waals surface area contributed by atoms with E-state index >= 15 is 0 Å². The van der Waals surface area contributed by atoms with E-state index in [2.05, 4.69) is 49.4 Å². The molecule has 0 aliphatic heterocycles. The summed E-state index contributed by atoms with van der Waals surface area (Å²) in [5, 5.41) is 0. The molecule has 0 aliphatic carbocycles. The summed E-state index contributed by atoms with van der Waals surface area (Å²) in [6.45, 7) is 5.50. The maximum absolute atomic E-state index is 5.81. The third kappa shape index (κ3) is 3.61. The standard InChI is InChI=1S/C18H23NO/c1-3-20-17-9-5-8-16(13-17)18(10-11-19)15-7-4-6-14(2)12-15/h4-9,12-13,18H,3,10-11,19H2,1-2H3. The molecule has 106 valence electrons. The Kier molecular flexibility index (Phi) is 5.19. The molecule has 2 nitrogen and oxygen atoms in total. The molecule has 0 saturated carbocycles. The van der Waals surface area contributed by atoms with Gasteiger partial charge in [-0.1, -0.05) is 42.0 Å². The molecule has 1 unspecified atom stereocenters. The van der Waals surface area contributed by atoms with Crippen molar-refractivity contribution in [2.45, 2.75) is 26.2 Å². The molecule has 20 heavy (non-hydrogen) atoms. The largest absolute Gasteiger partial charge is 0.494 e. The molecule has 0 amide bonds. The van der Waals surface area contributed by atoms with Crippen LogP contribution in [-0.2, 0) is 0 Å². The highest BCUT2D eigenvalue weighted by Gasteiger charge is 2.14. The molecule has 0 saturated heterocycles. The van der Waals surface area contributed by atoms with Gasteiger partial charge in [0.1, 0.15) is 5.75 Å². The molecule has 0 aromatic heterocycles. The van der Waals surface area contributed by atoms with Crippen LogP contribution in [0, 0.1) is 6.92 Å². The summed E-state index contributed by atoms with van der Waals surface area (Å²) in [6, 6.07) is 17.0. The van der Waals surface area contributed by atoms with E-state index in [1.807, 2.05) is 13.0 Å². The van der Waals surface area contributed by atoms with Crippen molar-refractivity contribution in [3.63, 3.8) is 0 Å². The first-order valence-electron chi connectivity index (χ1n) is 7.24. The Hall–Kier alpha value is -1.80. The van der Waals surface area contributed by atoms with Crippen molar-refractivity contribution < 1.29 is 4.74 Å². The number of hydrogen-bond acceptors (Lipinski definition) is 2. The quantitative estimate of drug-likeness (QED) is 0.864. The molecule has 2 heteroatoms. The second-order valence-electron chi connectivity index (χ2n) is 5.05. The predicted octanol–water partition coefficient (Wildman–Crippen LogP) is 3.87. The summed E-state index contributed by atoms with van der Waals surface area (Å²) < 4.78 is 5.60. The lowest BCUT2D eigenvalue weighted by molar-refractivity contribution is 0.339. The zero-order valence-electron chi connectivity index (χ0n) is 12.3. The van der Waals surface area contributed by atoms with Gasteiger partial charge in [-0.25, -0.2) is 0 Å². The van der Waals surface area contributed by atoms with Crippen LogP contribution in [0.5, 0.6) is 5.75 Å². The van der Waals surface area contributed by atoms with E-state index in [1.165, 1.54) is 16.7 Å². The molecule has 2 rings (SSSR count). The van der Waals surface area contributed by atoms with Gasteiger partial charge >= 0.3 is 0 Å². The van der Waals surface area contributed by atoms with E-state index in [0.717, 1.165) is 12.2 Å². The molecule has 0 spiro atoms. The Morgan fingerprint density at radius 2 is 1.75 bits per heavy atom. The van der Waals surface area contributed by atoms with Crippen LogP contribution >= 0.6 is 0 Å². The average molecular weight is 269 g/mol. The zero-order chi connectivity index (χ0) is 14.4. The van der Waals surface area contributed by atoms with Gasteiger partial charge in [-0.3, -0.25) is 0 Å². The number of aryl methyl sites for hydroxylation is 1. The maximum Gasteiger partial charge on any atom is 0.119 e. The van der Waals surface area contributed by atoms with Gasteiger partial charge in [0.25, 0.3) is 0 Å². The molecule has 1 atom stereocenters. The smallest absolute Gasteiger partial charge is 0.119 e. The summed E-state index contributed by atoms with van der Waals surface area (Å²) in [4.78, 5) is 0. The number of ether oxygens (including phenoxy) is 1.